The van der Waals surface area contributed by atoms with Crippen LogP contribution in [0.25, 0.3) is 21.4 Å². The lowest BCUT2D eigenvalue weighted by Gasteiger charge is -2.22. The summed E-state index contributed by atoms with van der Waals surface area (Å²) in [6.07, 6.45) is -1.48. The second kappa shape index (κ2) is 20.7. The molecule has 0 aliphatic carbocycles. The molecule has 0 aromatic carbocycles. The number of nitrogens with zero attached hydrogens (tertiary/aromatic N) is 7. The highest BCUT2D eigenvalue weighted by molar-refractivity contribution is 7.14. The minimum atomic E-state index is -1.09. The number of alkyl carbamates (subject to hydrolysis) is 2. The fourth-order valence-electron chi connectivity index (χ4n) is 4.00. The maximum Gasteiger partial charge on any atom is 0.408 e. The van der Waals surface area contributed by atoms with Crippen molar-refractivity contribution in [1.29, 1.82) is 15.8 Å². The first-order chi connectivity index (χ1) is 26.8. The van der Waals surface area contributed by atoms with E-state index in [2.05, 4.69) is 30.6 Å². The molecule has 19 nitrogen and oxygen atoms in total. The number of primary amides is 1. The first kappa shape index (κ1) is 45.3. The molecule has 4 aromatic rings. The monoisotopic (exact) mass is 856 g/mol. The second-order valence-electron chi connectivity index (χ2n) is 13.1. The van der Waals surface area contributed by atoms with Crippen LogP contribution in [0.15, 0.2) is 21.5 Å². The van der Waals surface area contributed by atoms with E-state index in [1.165, 1.54) is 50.7 Å². The average molecular weight is 857 g/mol. The molecule has 4 N–H and O–H groups in total. The van der Waals surface area contributed by atoms with Gasteiger partial charge in [-0.05, 0) is 41.5 Å². The number of hydrogen-bond donors (Lipinski definition) is 3. The van der Waals surface area contributed by atoms with Crippen LogP contribution in [-0.2, 0) is 41.4 Å². The minimum absolute atomic E-state index is 0.0300. The molecule has 4 aromatic heterocycles. The van der Waals surface area contributed by atoms with E-state index in [-0.39, 0.29) is 18.5 Å². The van der Waals surface area contributed by atoms with Crippen LogP contribution < -0.4 is 16.4 Å². The molecule has 0 saturated heterocycles. The van der Waals surface area contributed by atoms with Crippen molar-refractivity contribution in [3.8, 4) is 39.6 Å². The summed E-state index contributed by atoms with van der Waals surface area (Å²) in [6.45, 7) is 9.31. The molecule has 0 spiro atoms. The molecule has 0 radical (unpaired) electrons. The van der Waals surface area contributed by atoms with Crippen molar-refractivity contribution < 1.29 is 42.9 Å². The van der Waals surface area contributed by atoms with Gasteiger partial charge in [-0.2, -0.15) is 15.8 Å². The summed E-state index contributed by atoms with van der Waals surface area (Å²) in [5, 5.41) is 39.8. The van der Waals surface area contributed by atoms with E-state index in [4.69, 9.17) is 40.5 Å². The van der Waals surface area contributed by atoms with Crippen molar-refractivity contribution in [1.82, 2.24) is 30.6 Å². The number of nitrogens with two attached hydrogens (primary N) is 1. The first-order valence-corrected chi connectivity index (χ1v) is 19.9. The van der Waals surface area contributed by atoms with Gasteiger partial charge in [0, 0.05) is 34.4 Å². The zero-order valence-corrected chi connectivity index (χ0v) is 34.6. The number of carbonyl (C=O) groups is 5. The largest absolute Gasteiger partial charge is 0.449 e. The van der Waals surface area contributed by atoms with Crippen LogP contribution in [-0.4, -0.2) is 86.5 Å². The lowest BCUT2D eigenvalue weighted by Crippen LogP contribution is -2.45. The Kier molecular flexibility index (Phi) is 16.5. The second-order valence-corrected chi connectivity index (χ2v) is 16.7. The molecule has 2 atom stereocenters. The van der Waals surface area contributed by atoms with Gasteiger partial charge in [-0.15, -0.1) is 45.3 Å². The van der Waals surface area contributed by atoms with Crippen LogP contribution in [0.2, 0.25) is 0 Å². The minimum Gasteiger partial charge on any atom is -0.449 e. The molecule has 0 unspecified atom stereocenters. The lowest BCUT2D eigenvalue weighted by molar-refractivity contribution is -0.145. The van der Waals surface area contributed by atoms with Crippen LogP contribution in [0.1, 0.15) is 67.7 Å². The van der Waals surface area contributed by atoms with E-state index in [1.54, 1.807) is 69.8 Å². The predicted molar refractivity (Wildman–Crippen MR) is 207 cm³/mol. The third-order valence-corrected chi connectivity index (χ3v) is 9.66. The van der Waals surface area contributed by atoms with Gasteiger partial charge in [-0.25, -0.2) is 39.1 Å². The Morgan fingerprint density at radius 1 is 0.684 bits per heavy atom. The Hall–Kier alpha value is -6.06. The van der Waals surface area contributed by atoms with Crippen molar-refractivity contribution in [2.75, 3.05) is 13.2 Å². The van der Waals surface area contributed by atoms with Crippen molar-refractivity contribution in [3.05, 3.63) is 42.9 Å². The van der Waals surface area contributed by atoms with E-state index in [1.807, 2.05) is 6.07 Å². The number of thiazole rings is 4. The Morgan fingerprint density at radius 3 is 1.49 bits per heavy atom. The number of amides is 3. The van der Waals surface area contributed by atoms with Gasteiger partial charge in [-0.3, -0.25) is 4.79 Å². The fourth-order valence-corrected chi connectivity index (χ4v) is 7.27. The highest BCUT2D eigenvalue weighted by Crippen LogP contribution is 2.27. The quantitative estimate of drug-likeness (QED) is 0.123. The van der Waals surface area contributed by atoms with Crippen molar-refractivity contribution in [2.45, 2.75) is 77.7 Å². The molecular formula is C34H36N10O9S4. The number of nitrogens with one attached hydrogen (secondary N) is 2. The number of nitriles is 3. The van der Waals surface area contributed by atoms with Gasteiger partial charge in [-0.1, -0.05) is 0 Å². The van der Waals surface area contributed by atoms with Crippen molar-refractivity contribution >= 4 is 75.4 Å². The number of rotatable bonds is 13. The summed E-state index contributed by atoms with van der Waals surface area (Å²) >= 11 is 5.02. The number of esters is 2. The van der Waals surface area contributed by atoms with Gasteiger partial charge in [0.05, 0.1) is 10.0 Å². The van der Waals surface area contributed by atoms with E-state index >= 15 is 0 Å². The molecular weight excluding hydrogens is 821 g/mol. The predicted octanol–water partition coefficient (Wildman–Crippen LogP) is 4.51. The summed E-state index contributed by atoms with van der Waals surface area (Å²) < 4.78 is 20.0. The average Bonchev–Trinajstić information content (AvgIpc) is 3.94. The highest BCUT2D eigenvalue weighted by atomic mass is 32.1. The van der Waals surface area contributed by atoms with E-state index in [0.29, 0.717) is 37.1 Å². The van der Waals surface area contributed by atoms with Gasteiger partial charge in [0.1, 0.15) is 68.6 Å². The molecule has 300 valence electrons. The van der Waals surface area contributed by atoms with Gasteiger partial charge in [0.25, 0.3) is 5.91 Å². The van der Waals surface area contributed by atoms with Crippen molar-refractivity contribution in [2.24, 2.45) is 5.73 Å². The molecule has 0 bridgehead atoms. The molecule has 23 heteroatoms. The van der Waals surface area contributed by atoms with Crippen LogP contribution in [0.3, 0.4) is 0 Å². The van der Waals surface area contributed by atoms with E-state index in [9.17, 15) is 24.0 Å². The van der Waals surface area contributed by atoms with E-state index in [0.717, 1.165) is 0 Å². The van der Waals surface area contributed by atoms with Gasteiger partial charge < -0.3 is 35.3 Å². The summed E-state index contributed by atoms with van der Waals surface area (Å²) in [6, 6.07) is 3.22. The standard InChI is InChI=1S/C17H19N5O5S2.C17H17N5O4S2/c1-17(2,3)27-16(25)22-9(15(24)26-5-4-18)6-12-20-11(8-28-12)14-21-10(7-29-14)13(19)23;1-17(2,3)26-16(24)22-11(15(23)25-5-4-18)6-13-21-12(9-27-13)14-20-10(7-19)8-28-14/h7-9H,5-6H2,1-3H3,(H2,19,23)(H,22,25);8-9,11H,5-6H2,1-3H3,(H,22,24)/t9-;11-/m00/s1. The molecule has 57 heavy (non-hydrogen) atoms. The molecule has 0 saturated carbocycles. The Bertz CT molecular complexity index is 2180. The third-order valence-electron chi connectivity index (χ3n) is 6.18. The topological polar surface area (TPSA) is 295 Å². The fraction of sp³-hybridized carbons (Fsp3) is 0.412. The summed E-state index contributed by atoms with van der Waals surface area (Å²) in [5.41, 5.74) is 5.26. The number of aromatic nitrogens is 4. The number of ether oxygens (including phenoxy) is 4. The zero-order chi connectivity index (χ0) is 42.3. The maximum absolute atomic E-state index is 12.2. The normalized spacial score (nSPS) is 11.8. The summed E-state index contributed by atoms with van der Waals surface area (Å²) in [5.74, 6) is -2.17. The molecule has 3 amide bonds. The summed E-state index contributed by atoms with van der Waals surface area (Å²) in [4.78, 5) is 76.8. The van der Waals surface area contributed by atoms with Crippen LogP contribution >= 0.6 is 45.3 Å². The van der Waals surface area contributed by atoms with Gasteiger partial charge in [0.15, 0.2) is 18.9 Å². The highest BCUT2D eigenvalue weighted by Gasteiger charge is 2.29. The maximum atomic E-state index is 12.2. The number of hydrogen-bond acceptors (Lipinski definition) is 20. The molecule has 0 aliphatic rings. The molecule has 4 rings (SSSR count). The molecule has 0 fully saturated rings. The molecule has 0 aliphatic heterocycles. The third kappa shape index (κ3) is 15.5. The Balaban J connectivity index is 0.000000306. The molecule has 4 heterocycles. The van der Waals surface area contributed by atoms with Crippen LogP contribution in [0.4, 0.5) is 9.59 Å². The smallest absolute Gasteiger partial charge is 0.408 e. The first-order valence-electron chi connectivity index (χ1n) is 16.4. The van der Waals surface area contributed by atoms with Gasteiger partial charge >= 0.3 is 24.1 Å². The summed E-state index contributed by atoms with van der Waals surface area (Å²) in [7, 11) is 0. The zero-order valence-electron chi connectivity index (χ0n) is 31.3. The van der Waals surface area contributed by atoms with Gasteiger partial charge in [0.2, 0.25) is 0 Å². The van der Waals surface area contributed by atoms with Crippen LogP contribution in [0.5, 0.6) is 0 Å². The van der Waals surface area contributed by atoms with Crippen LogP contribution in [0, 0.1) is 34.0 Å². The SMILES string of the molecule is CC(C)(C)OC(=O)N[C@@H](Cc1nc(-c2nc(C#N)cs2)cs1)C(=O)OCC#N.CC(C)(C)OC(=O)N[C@@H](Cc1nc(-c2nc(C(N)=O)cs2)cs1)C(=O)OCC#N. The Morgan fingerprint density at radius 2 is 1.12 bits per heavy atom. The lowest BCUT2D eigenvalue weighted by atomic mass is 10.2. The van der Waals surface area contributed by atoms with Crippen molar-refractivity contribution in [3.63, 3.8) is 0 Å². The number of carbonyl (C=O) groups excluding carboxylic acids is 5. The Labute approximate surface area is 342 Å². The van der Waals surface area contributed by atoms with E-state index < -0.39 is 66.5 Å².